The van der Waals surface area contributed by atoms with Gasteiger partial charge in [-0.25, -0.2) is 9.97 Å². The number of nitrogens with zero attached hydrogens (tertiary/aromatic N) is 4. The average Bonchev–Trinajstić information content (AvgIpc) is 3.23. The van der Waals surface area contributed by atoms with E-state index < -0.39 is 0 Å². The van der Waals surface area contributed by atoms with Crippen LogP contribution in [0.2, 0.25) is 0 Å². The zero-order valence-corrected chi connectivity index (χ0v) is 12.4. The summed E-state index contributed by atoms with van der Waals surface area (Å²) in [6.07, 6.45) is 5.47. The molecule has 0 bridgehead atoms. The Morgan fingerprint density at radius 1 is 1.32 bits per heavy atom. The van der Waals surface area contributed by atoms with Gasteiger partial charge in [0.05, 0.1) is 13.2 Å². The zero-order chi connectivity index (χ0) is 14.8. The first kappa shape index (κ1) is 13.7. The molecule has 2 aliphatic rings. The van der Waals surface area contributed by atoms with Crippen LogP contribution in [-0.2, 0) is 24.2 Å². The van der Waals surface area contributed by atoms with Crippen LogP contribution in [0.25, 0.3) is 0 Å². The molecule has 4 rings (SSSR count). The fraction of sp³-hybridized carbons (Fsp3) is 0.533. The molecular weight excluding hydrogens is 282 g/mol. The highest BCUT2D eigenvalue weighted by atomic mass is 16.5. The lowest BCUT2D eigenvalue weighted by atomic mass is 10.0. The number of ether oxygens (including phenoxy) is 1. The van der Waals surface area contributed by atoms with Crippen molar-refractivity contribution < 1.29 is 9.26 Å². The molecule has 1 saturated heterocycles. The normalized spacial score (nSPS) is 21.7. The van der Waals surface area contributed by atoms with Gasteiger partial charge in [0.2, 0.25) is 5.95 Å². The molecule has 0 saturated carbocycles. The van der Waals surface area contributed by atoms with Gasteiger partial charge in [-0.2, -0.15) is 0 Å². The lowest BCUT2D eigenvalue weighted by Gasteiger charge is -2.30. The molecule has 2 aromatic rings. The number of fused-ring (bicyclic) bond motifs is 1. The Balaban J connectivity index is 1.45. The topological polar surface area (TPSA) is 76.3 Å². The van der Waals surface area contributed by atoms with Crippen LogP contribution in [0.1, 0.15) is 23.4 Å². The van der Waals surface area contributed by atoms with Crippen molar-refractivity contribution in [3.05, 3.63) is 35.5 Å². The number of hydrogen-bond acceptors (Lipinski definition) is 7. The van der Waals surface area contributed by atoms with E-state index in [1.165, 1.54) is 5.56 Å². The second kappa shape index (κ2) is 6.02. The van der Waals surface area contributed by atoms with Crippen LogP contribution in [0, 0.1) is 0 Å². The largest absolute Gasteiger partial charge is 0.380 e. The third kappa shape index (κ3) is 2.69. The lowest BCUT2D eigenvalue weighted by molar-refractivity contribution is 0.131. The summed E-state index contributed by atoms with van der Waals surface area (Å²) in [7, 11) is 0. The smallest absolute Gasteiger partial charge is 0.222 e. The van der Waals surface area contributed by atoms with Crippen molar-refractivity contribution in [3.8, 4) is 0 Å². The quantitative estimate of drug-likeness (QED) is 0.910. The highest BCUT2D eigenvalue weighted by Crippen LogP contribution is 2.26. The molecular formula is C15H19N5O2. The van der Waals surface area contributed by atoms with Crippen molar-refractivity contribution in [3.63, 3.8) is 0 Å². The van der Waals surface area contributed by atoms with Crippen LogP contribution in [0.4, 0.5) is 5.95 Å². The Labute approximate surface area is 128 Å². The first-order chi connectivity index (χ1) is 10.9. The summed E-state index contributed by atoms with van der Waals surface area (Å²) in [4.78, 5) is 10.8. The van der Waals surface area contributed by atoms with Crippen LogP contribution in [-0.4, -0.2) is 45.8 Å². The minimum absolute atomic E-state index is 0.529. The Morgan fingerprint density at radius 2 is 2.23 bits per heavy atom. The first-order valence-corrected chi connectivity index (χ1v) is 7.69. The Morgan fingerprint density at radius 3 is 3.05 bits per heavy atom. The number of hydrogen-bond donors (Lipinski definition) is 1. The van der Waals surface area contributed by atoms with Crippen molar-refractivity contribution in [2.24, 2.45) is 0 Å². The van der Waals surface area contributed by atoms with E-state index in [0.29, 0.717) is 18.5 Å². The van der Waals surface area contributed by atoms with Gasteiger partial charge in [-0.1, -0.05) is 5.16 Å². The van der Waals surface area contributed by atoms with Crippen LogP contribution in [0.15, 0.2) is 23.0 Å². The number of nitrogens with one attached hydrogen (secondary N) is 1. The van der Waals surface area contributed by atoms with Gasteiger partial charge in [0.1, 0.15) is 11.5 Å². The molecule has 2 aliphatic heterocycles. The van der Waals surface area contributed by atoms with Crippen LogP contribution in [0.5, 0.6) is 0 Å². The van der Waals surface area contributed by atoms with Gasteiger partial charge in [0, 0.05) is 50.1 Å². The van der Waals surface area contributed by atoms with Gasteiger partial charge in [0.25, 0.3) is 0 Å². The average molecular weight is 301 g/mol. The molecule has 1 N–H and O–H groups in total. The molecule has 22 heavy (non-hydrogen) atoms. The summed E-state index contributed by atoms with van der Waals surface area (Å²) in [5, 5.41) is 7.42. The fourth-order valence-corrected chi connectivity index (χ4v) is 3.10. The molecule has 0 amide bonds. The van der Waals surface area contributed by atoms with Gasteiger partial charge < -0.3 is 14.6 Å². The molecule has 7 heteroatoms. The summed E-state index contributed by atoms with van der Waals surface area (Å²) >= 11 is 0. The third-order valence-electron chi connectivity index (χ3n) is 4.34. The van der Waals surface area contributed by atoms with Gasteiger partial charge in [-0.3, -0.25) is 4.90 Å². The van der Waals surface area contributed by atoms with Crippen molar-refractivity contribution in [1.82, 2.24) is 20.0 Å². The maximum Gasteiger partial charge on any atom is 0.222 e. The third-order valence-corrected chi connectivity index (χ3v) is 4.34. The number of rotatable bonds is 4. The molecule has 4 heterocycles. The molecule has 0 spiro atoms. The summed E-state index contributed by atoms with van der Waals surface area (Å²) in [6.45, 7) is 4.20. The fourth-order valence-electron chi connectivity index (χ4n) is 3.10. The van der Waals surface area contributed by atoms with Crippen molar-refractivity contribution in [1.29, 1.82) is 0 Å². The summed E-state index contributed by atoms with van der Waals surface area (Å²) in [6, 6.07) is 2.33. The van der Waals surface area contributed by atoms with Crippen LogP contribution < -0.4 is 5.32 Å². The highest BCUT2D eigenvalue weighted by molar-refractivity contribution is 5.30. The minimum atomic E-state index is 0.529. The standard InChI is InChI=1S/C15H19N5O2/c1-4-16-15(17-5-1)18-8-13-12-9-20(11-3-7-21-10-11)6-2-14(12)22-19-13/h1,4-5,11H,2-3,6-10H2,(H,16,17,18)/t11-/m0/s1. The predicted octanol–water partition coefficient (Wildman–Crippen LogP) is 1.22. The second-order valence-corrected chi connectivity index (χ2v) is 5.69. The van der Waals surface area contributed by atoms with Gasteiger partial charge in [-0.05, 0) is 12.5 Å². The monoisotopic (exact) mass is 301 g/mol. The van der Waals surface area contributed by atoms with E-state index >= 15 is 0 Å². The minimum Gasteiger partial charge on any atom is -0.380 e. The lowest BCUT2D eigenvalue weighted by Crippen LogP contribution is -2.39. The molecule has 7 nitrogen and oxygen atoms in total. The Bertz CT molecular complexity index is 624. The molecule has 0 radical (unpaired) electrons. The Kier molecular flexibility index (Phi) is 3.74. The van der Waals surface area contributed by atoms with Gasteiger partial charge in [-0.15, -0.1) is 0 Å². The van der Waals surface area contributed by atoms with Crippen molar-refractivity contribution in [2.75, 3.05) is 25.1 Å². The molecule has 2 aromatic heterocycles. The highest BCUT2D eigenvalue weighted by Gasteiger charge is 2.30. The zero-order valence-electron chi connectivity index (χ0n) is 12.4. The van der Waals surface area contributed by atoms with E-state index in [1.807, 2.05) is 0 Å². The predicted molar refractivity (Wildman–Crippen MR) is 79.2 cm³/mol. The van der Waals surface area contributed by atoms with E-state index in [1.54, 1.807) is 18.5 Å². The molecule has 0 aliphatic carbocycles. The van der Waals surface area contributed by atoms with Gasteiger partial charge in [0.15, 0.2) is 0 Å². The molecule has 1 fully saturated rings. The van der Waals surface area contributed by atoms with Crippen LogP contribution in [0.3, 0.4) is 0 Å². The number of anilines is 1. The molecule has 1 atom stereocenters. The van der Waals surface area contributed by atoms with E-state index in [0.717, 1.165) is 50.6 Å². The second-order valence-electron chi connectivity index (χ2n) is 5.69. The molecule has 0 unspecified atom stereocenters. The summed E-state index contributed by atoms with van der Waals surface area (Å²) in [5.74, 6) is 1.62. The van der Waals surface area contributed by atoms with E-state index in [9.17, 15) is 0 Å². The van der Waals surface area contributed by atoms with Crippen molar-refractivity contribution in [2.45, 2.75) is 32.0 Å². The van der Waals surface area contributed by atoms with Gasteiger partial charge >= 0.3 is 0 Å². The molecule has 0 aromatic carbocycles. The maximum atomic E-state index is 5.51. The van der Waals surface area contributed by atoms with Crippen molar-refractivity contribution >= 4 is 5.95 Å². The SMILES string of the molecule is c1cnc(NCc2noc3c2CN([C@H]2CCOC2)CC3)nc1. The number of aromatic nitrogens is 3. The maximum absolute atomic E-state index is 5.51. The van der Waals surface area contributed by atoms with E-state index in [-0.39, 0.29) is 0 Å². The van der Waals surface area contributed by atoms with E-state index in [4.69, 9.17) is 9.26 Å². The Hall–Kier alpha value is -1.99. The summed E-state index contributed by atoms with van der Waals surface area (Å²) in [5.41, 5.74) is 2.16. The first-order valence-electron chi connectivity index (χ1n) is 7.69. The summed E-state index contributed by atoms with van der Waals surface area (Å²) < 4.78 is 11.0. The van der Waals surface area contributed by atoms with E-state index in [2.05, 4.69) is 25.3 Å². The van der Waals surface area contributed by atoms with Crippen LogP contribution >= 0.6 is 0 Å². The molecule has 116 valence electrons.